The van der Waals surface area contributed by atoms with Gasteiger partial charge in [0, 0.05) is 55.1 Å². The first kappa shape index (κ1) is 33.1. The number of esters is 1. The maximum Gasteiger partial charge on any atom is 0.338 e. The lowest BCUT2D eigenvalue weighted by Crippen LogP contribution is -2.85. The van der Waals surface area contributed by atoms with Crippen molar-refractivity contribution in [3.8, 4) is 11.5 Å². The third-order valence-corrected chi connectivity index (χ3v) is 14.9. The molecule has 3 aliphatic heterocycles. The van der Waals surface area contributed by atoms with Crippen LogP contribution in [0.2, 0.25) is 0 Å². The van der Waals surface area contributed by atoms with Gasteiger partial charge >= 0.3 is 5.97 Å². The monoisotopic (exact) mass is 673 g/mol. The molecule has 4 saturated carbocycles. The van der Waals surface area contributed by atoms with Crippen LogP contribution in [-0.4, -0.2) is 121 Å². The highest BCUT2D eigenvalue weighted by molar-refractivity contribution is 5.90. The zero-order chi connectivity index (χ0) is 34.4. The summed E-state index contributed by atoms with van der Waals surface area (Å²) in [5, 5.41) is 74.7. The summed E-state index contributed by atoms with van der Waals surface area (Å²) in [7, 11) is 2.97. The van der Waals surface area contributed by atoms with E-state index in [0.29, 0.717) is 56.1 Å². The number of piperidine rings is 2. The van der Waals surface area contributed by atoms with Crippen molar-refractivity contribution in [3.63, 3.8) is 0 Å². The van der Waals surface area contributed by atoms with Crippen LogP contribution in [0.15, 0.2) is 18.2 Å². The van der Waals surface area contributed by atoms with Gasteiger partial charge in [0.1, 0.15) is 22.4 Å². The average Bonchev–Trinajstić information content (AvgIpc) is 3.21. The number of methoxy groups -OCH3 is 2. The van der Waals surface area contributed by atoms with E-state index in [4.69, 9.17) is 18.9 Å². The van der Waals surface area contributed by atoms with Gasteiger partial charge in [-0.1, -0.05) is 13.8 Å². The number of benzene rings is 1. The van der Waals surface area contributed by atoms with Crippen LogP contribution in [0.25, 0.3) is 0 Å². The van der Waals surface area contributed by atoms with E-state index < -0.39 is 81.2 Å². The molecule has 12 nitrogen and oxygen atoms in total. The van der Waals surface area contributed by atoms with Gasteiger partial charge in [0.15, 0.2) is 17.6 Å². The minimum Gasteiger partial charge on any atom is -0.493 e. The van der Waals surface area contributed by atoms with E-state index in [0.717, 1.165) is 6.42 Å². The van der Waals surface area contributed by atoms with E-state index in [-0.39, 0.29) is 24.9 Å². The second-order valence-corrected chi connectivity index (χ2v) is 16.8. The number of carbonyl (C=O) groups excluding carboxylic acids is 1. The van der Waals surface area contributed by atoms with Gasteiger partial charge in [-0.05, 0) is 69.6 Å². The predicted molar refractivity (Wildman–Crippen MR) is 169 cm³/mol. The molecule has 0 radical (unpaired) electrons. The lowest BCUT2D eigenvalue weighted by molar-refractivity contribution is -0.354. The Morgan fingerprint density at radius 3 is 2.31 bits per heavy atom. The van der Waals surface area contributed by atoms with Gasteiger partial charge in [-0.25, -0.2) is 4.79 Å². The maximum absolute atomic E-state index is 13.5. The molecule has 12 heteroatoms. The number of hydrogen-bond donors (Lipinski definition) is 6. The molecular weight excluding hydrogens is 622 g/mol. The van der Waals surface area contributed by atoms with Crippen LogP contribution < -0.4 is 9.47 Å². The molecule has 1 aromatic rings. The van der Waals surface area contributed by atoms with Crippen molar-refractivity contribution in [1.82, 2.24) is 4.90 Å². The molecule has 3 saturated heterocycles. The van der Waals surface area contributed by atoms with Crippen molar-refractivity contribution in [1.29, 1.82) is 0 Å². The van der Waals surface area contributed by atoms with Crippen molar-refractivity contribution < 1.29 is 54.4 Å². The Morgan fingerprint density at radius 1 is 0.896 bits per heavy atom. The third-order valence-electron chi connectivity index (χ3n) is 14.9. The van der Waals surface area contributed by atoms with Gasteiger partial charge in [0.2, 0.25) is 5.79 Å². The average molecular weight is 674 g/mol. The molecule has 14 atom stereocenters. The first-order valence-corrected chi connectivity index (χ1v) is 17.6. The third kappa shape index (κ3) is 3.66. The summed E-state index contributed by atoms with van der Waals surface area (Å²) in [5.74, 6) is -3.63. The summed E-state index contributed by atoms with van der Waals surface area (Å²) in [5.41, 5.74) is -9.44. The van der Waals surface area contributed by atoms with Gasteiger partial charge in [-0.15, -0.1) is 0 Å². The molecule has 4 aliphatic carbocycles. The largest absolute Gasteiger partial charge is 0.493 e. The summed E-state index contributed by atoms with van der Waals surface area (Å²) in [6, 6.07) is 4.28. The Balaban J connectivity index is 1.16. The van der Waals surface area contributed by atoms with Crippen molar-refractivity contribution in [3.05, 3.63) is 23.8 Å². The maximum atomic E-state index is 13.5. The van der Waals surface area contributed by atoms with Crippen LogP contribution in [0.1, 0.15) is 82.5 Å². The fourth-order valence-electron chi connectivity index (χ4n) is 12.6. The van der Waals surface area contributed by atoms with E-state index in [1.54, 1.807) is 19.1 Å². The highest BCUT2D eigenvalue weighted by atomic mass is 16.7. The number of aliphatic hydroxyl groups is 6. The number of hydrogen-bond acceptors (Lipinski definition) is 12. The minimum atomic E-state index is -2.10. The summed E-state index contributed by atoms with van der Waals surface area (Å²) in [6.07, 6.45) is 0.172. The smallest absolute Gasteiger partial charge is 0.338 e. The standard InChI is InChI=1S/C36H51NO11/c1-19-6-11-26-31(3,40)35(43)25(17-37(26)16-19)33(42)18-34-24(32(33,41)15-27(35)38)10-9-23-30(34,2)13-12-28(36(23,44)48-34)47-29(39)20-7-8-21(45-4)22(14-20)46-5/h7-8,14,19,23-28,38,40-44H,6,9-13,15-18H2,1-5H3/t19-,23?,24-,25-,26-,27-,28-,30-,31+,32?,33?,34?,35?,36-/m0/s1. The van der Waals surface area contributed by atoms with E-state index in [9.17, 15) is 35.4 Å². The molecule has 266 valence electrons. The molecule has 7 fully saturated rings. The zero-order valence-electron chi connectivity index (χ0n) is 28.5. The molecular formula is C36H51NO11. The summed E-state index contributed by atoms with van der Waals surface area (Å²) >= 11 is 0. The van der Waals surface area contributed by atoms with Crippen molar-refractivity contribution in [2.75, 3.05) is 27.3 Å². The van der Waals surface area contributed by atoms with Gasteiger partial charge in [-0.2, -0.15) is 0 Å². The Labute approximate surface area is 280 Å². The lowest BCUT2D eigenvalue weighted by Gasteiger charge is -2.68. The Hall–Kier alpha value is -2.03. The van der Waals surface area contributed by atoms with E-state index in [1.807, 2.05) is 6.92 Å². The number of nitrogens with zero attached hydrogens (tertiary/aromatic N) is 1. The molecule has 8 rings (SSSR count). The molecule has 4 bridgehead atoms. The Morgan fingerprint density at radius 2 is 1.60 bits per heavy atom. The first-order chi connectivity index (χ1) is 22.5. The Kier molecular flexibility index (Phi) is 6.94. The summed E-state index contributed by atoms with van der Waals surface area (Å²) < 4.78 is 23.5. The molecule has 0 aromatic heterocycles. The fourth-order valence-corrected chi connectivity index (χ4v) is 12.6. The molecule has 48 heavy (non-hydrogen) atoms. The molecule has 6 N–H and O–H groups in total. The first-order valence-electron chi connectivity index (χ1n) is 17.6. The van der Waals surface area contributed by atoms with E-state index in [2.05, 4.69) is 11.8 Å². The number of aliphatic hydroxyl groups excluding tert-OH is 1. The second-order valence-electron chi connectivity index (χ2n) is 16.8. The van der Waals surface area contributed by atoms with Crippen LogP contribution in [-0.2, 0) is 9.47 Å². The molecule has 1 spiro atoms. The van der Waals surface area contributed by atoms with E-state index in [1.165, 1.54) is 20.3 Å². The summed E-state index contributed by atoms with van der Waals surface area (Å²) in [4.78, 5) is 15.6. The van der Waals surface area contributed by atoms with Crippen molar-refractivity contribution >= 4 is 5.97 Å². The Bertz CT molecular complexity index is 1520. The lowest BCUT2D eigenvalue weighted by atomic mass is 9.49. The van der Waals surface area contributed by atoms with Crippen LogP contribution >= 0.6 is 0 Å². The van der Waals surface area contributed by atoms with Gasteiger partial charge in [0.25, 0.3) is 0 Å². The van der Waals surface area contributed by atoms with Crippen LogP contribution in [0.4, 0.5) is 0 Å². The van der Waals surface area contributed by atoms with Crippen LogP contribution in [0, 0.1) is 29.1 Å². The molecule has 5 unspecified atom stereocenters. The number of carbonyl (C=O) groups is 1. The normalized spacial score (nSPS) is 53.6. The SMILES string of the molecule is COc1ccc(C(=O)O[C@H]2CC[C@@]3(C)C4CC[C@H]5C6(O)C[C@H](O)C7(O)[C@@H](CN8C[C@@H](C)CC[C@H]8[C@@]7(C)O)C6(O)CC53O[C@@]42O)cc1OC. The number of ether oxygens (including phenoxy) is 4. The molecule has 3 heterocycles. The second kappa shape index (κ2) is 10.1. The van der Waals surface area contributed by atoms with Crippen molar-refractivity contribution in [2.24, 2.45) is 29.1 Å². The summed E-state index contributed by atoms with van der Waals surface area (Å²) in [6.45, 7) is 6.57. The van der Waals surface area contributed by atoms with Crippen molar-refractivity contribution in [2.45, 2.75) is 124 Å². The number of fused-ring (bicyclic) bond motifs is 5. The minimum absolute atomic E-state index is 0.101. The fraction of sp³-hybridized carbons (Fsp3) is 0.806. The molecule has 1 aromatic carbocycles. The molecule has 0 amide bonds. The zero-order valence-corrected chi connectivity index (χ0v) is 28.5. The quantitative estimate of drug-likeness (QED) is 0.253. The highest BCUT2D eigenvalue weighted by Crippen LogP contribution is 2.78. The highest BCUT2D eigenvalue weighted by Gasteiger charge is 2.88. The molecule has 7 aliphatic rings. The van der Waals surface area contributed by atoms with Crippen LogP contribution in [0.5, 0.6) is 11.5 Å². The predicted octanol–water partition coefficient (Wildman–Crippen LogP) is 1.36. The van der Waals surface area contributed by atoms with Gasteiger partial charge in [-0.3, -0.25) is 4.90 Å². The van der Waals surface area contributed by atoms with Gasteiger partial charge in [0.05, 0.1) is 31.5 Å². The van der Waals surface area contributed by atoms with E-state index >= 15 is 0 Å². The topological polar surface area (TPSA) is 179 Å². The van der Waals surface area contributed by atoms with Crippen LogP contribution in [0.3, 0.4) is 0 Å². The number of rotatable bonds is 4. The van der Waals surface area contributed by atoms with Gasteiger partial charge < -0.3 is 49.6 Å².